The molecule has 0 spiro atoms. The molecule has 0 saturated heterocycles. The van der Waals surface area contributed by atoms with E-state index in [1.807, 2.05) is 0 Å². The smallest absolute Gasteiger partial charge is 0.192 e. The van der Waals surface area contributed by atoms with Gasteiger partial charge >= 0.3 is 0 Å². The van der Waals surface area contributed by atoms with Gasteiger partial charge in [0.05, 0.1) is 0 Å². The molecule has 0 aromatic heterocycles. The average Bonchev–Trinajstić information content (AvgIpc) is 3.33. The molecule has 0 radical (unpaired) electrons. The number of rotatable bonds is 11. The Morgan fingerprint density at radius 1 is 0.867 bits per heavy atom. The van der Waals surface area contributed by atoms with E-state index in [1.165, 1.54) is 82.6 Å². The van der Waals surface area contributed by atoms with Crippen LogP contribution in [0.1, 0.15) is 138 Å². The van der Waals surface area contributed by atoms with Crippen LogP contribution < -0.4 is 0 Å². The van der Waals surface area contributed by atoms with Crippen LogP contribution in [0.4, 0.5) is 0 Å². The number of benzene rings is 1. The lowest BCUT2D eigenvalue weighted by molar-refractivity contribution is -0.142. The first kappa shape index (κ1) is 35.4. The zero-order valence-electron chi connectivity index (χ0n) is 31.3. The summed E-state index contributed by atoms with van der Waals surface area (Å²) in [5.41, 5.74) is 2.50. The van der Waals surface area contributed by atoms with Gasteiger partial charge in [0.25, 0.3) is 0 Å². The van der Waals surface area contributed by atoms with E-state index in [9.17, 15) is 0 Å². The SMILES string of the molecule is CC(C)CCC[C@@H](C)[C@H]1CC[C@H]2[C@@H]3C[C@H](/C=C/CCc4ccccc4)[C@H]4C[C@@H](O[Si](C)(C)C(C)(C)C)CC[C@]4(C)[C@H]3CC[C@]12C. The van der Waals surface area contributed by atoms with Crippen molar-refractivity contribution in [3.63, 3.8) is 0 Å². The molecular formula is C43H72OSi. The van der Waals surface area contributed by atoms with E-state index in [0.717, 1.165) is 47.8 Å². The van der Waals surface area contributed by atoms with Crippen molar-refractivity contribution in [2.24, 2.45) is 58.2 Å². The molecule has 1 aromatic carbocycles. The highest BCUT2D eigenvalue weighted by atomic mass is 28.4. The molecule has 4 fully saturated rings. The van der Waals surface area contributed by atoms with Gasteiger partial charge in [-0.1, -0.05) is 117 Å². The van der Waals surface area contributed by atoms with E-state index in [0.29, 0.717) is 22.9 Å². The first-order valence-electron chi connectivity index (χ1n) is 19.5. The van der Waals surface area contributed by atoms with Crippen LogP contribution >= 0.6 is 0 Å². The highest BCUT2D eigenvalue weighted by molar-refractivity contribution is 6.74. The summed E-state index contributed by atoms with van der Waals surface area (Å²) >= 11 is 0. The minimum atomic E-state index is -1.78. The van der Waals surface area contributed by atoms with Crippen molar-refractivity contribution in [3.8, 4) is 0 Å². The molecule has 1 aromatic rings. The summed E-state index contributed by atoms with van der Waals surface area (Å²) in [6.07, 6.45) is 23.7. The van der Waals surface area contributed by atoms with Crippen molar-refractivity contribution in [1.82, 2.24) is 0 Å². The molecule has 0 N–H and O–H groups in total. The van der Waals surface area contributed by atoms with E-state index in [-0.39, 0.29) is 5.04 Å². The largest absolute Gasteiger partial charge is 0.414 e. The van der Waals surface area contributed by atoms with Gasteiger partial charge in [0.15, 0.2) is 8.32 Å². The minimum Gasteiger partial charge on any atom is -0.414 e. The molecule has 4 saturated carbocycles. The first-order chi connectivity index (χ1) is 21.2. The summed E-state index contributed by atoms with van der Waals surface area (Å²) in [4.78, 5) is 0. The second kappa shape index (κ2) is 13.9. The van der Waals surface area contributed by atoms with Crippen molar-refractivity contribution in [3.05, 3.63) is 48.0 Å². The van der Waals surface area contributed by atoms with E-state index in [2.05, 4.69) is 111 Å². The molecule has 2 heteroatoms. The molecule has 1 nitrogen and oxygen atoms in total. The Balaban J connectivity index is 1.36. The molecular weight excluding hydrogens is 561 g/mol. The monoisotopic (exact) mass is 633 g/mol. The first-order valence-corrected chi connectivity index (χ1v) is 22.4. The Morgan fingerprint density at radius 3 is 2.24 bits per heavy atom. The van der Waals surface area contributed by atoms with Gasteiger partial charge in [-0.25, -0.2) is 0 Å². The molecule has 5 rings (SSSR count). The summed E-state index contributed by atoms with van der Waals surface area (Å²) in [5, 5.41) is 0.279. The molecule has 0 heterocycles. The van der Waals surface area contributed by atoms with E-state index < -0.39 is 8.32 Å². The Bertz CT molecular complexity index is 1110. The van der Waals surface area contributed by atoms with Gasteiger partial charge in [-0.05, 0) is 146 Å². The zero-order chi connectivity index (χ0) is 32.6. The lowest BCUT2D eigenvalue weighted by Crippen LogP contribution is -2.57. The normalized spacial score (nSPS) is 37.8. The van der Waals surface area contributed by atoms with Crippen LogP contribution in [0.25, 0.3) is 0 Å². The molecule has 4 aliphatic rings. The Hall–Kier alpha value is -0.863. The lowest BCUT2D eigenvalue weighted by atomic mass is 9.42. The highest BCUT2D eigenvalue weighted by Gasteiger charge is 2.62. The molecule has 4 aliphatic carbocycles. The summed E-state index contributed by atoms with van der Waals surface area (Å²) in [6, 6.07) is 11.1. The van der Waals surface area contributed by atoms with Gasteiger partial charge in [0.2, 0.25) is 0 Å². The third kappa shape index (κ3) is 7.43. The van der Waals surface area contributed by atoms with Crippen LogP contribution in [-0.4, -0.2) is 14.4 Å². The van der Waals surface area contributed by atoms with E-state index in [4.69, 9.17) is 4.43 Å². The van der Waals surface area contributed by atoms with Crippen LogP contribution in [0.3, 0.4) is 0 Å². The van der Waals surface area contributed by atoms with Crippen LogP contribution in [0.5, 0.6) is 0 Å². The minimum absolute atomic E-state index is 0.279. The Morgan fingerprint density at radius 2 is 1.56 bits per heavy atom. The maximum absolute atomic E-state index is 7.19. The predicted molar refractivity (Wildman–Crippen MR) is 198 cm³/mol. The topological polar surface area (TPSA) is 9.23 Å². The summed E-state index contributed by atoms with van der Waals surface area (Å²) < 4.78 is 7.19. The predicted octanol–water partition coefficient (Wildman–Crippen LogP) is 12.9. The molecule has 0 bridgehead atoms. The number of hydrogen-bond donors (Lipinski definition) is 0. The molecule has 254 valence electrons. The van der Waals surface area contributed by atoms with Gasteiger partial charge in [-0.15, -0.1) is 0 Å². The average molecular weight is 633 g/mol. The third-order valence-electron chi connectivity index (χ3n) is 15.0. The number of fused-ring (bicyclic) bond motifs is 5. The molecule has 0 amide bonds. The standard InChI is InChI=1S/C43H72OSi/c1-31(2)17-16-18-32(3)37-23-24-38-36-29-34(22-15-14-21-33-19-12-11-13-20-33)40-30-35(44-45(9,10)41(4,5)6)25-27-43(40,8)39(36)26-28-42(37,38)7/h11-13,15,19-20,22,31-32,34-40H,14,16-18,21,23-30H2,1-10H3/b22-15+/t32-,34+,35+,36+,37-,38+,39+,40-,42-,43-/m1/s1. The fourth-order valence-corrected chi connectivity index (χ4v) is 12.9. The highest BCUT2D eigenvalue weighted by Crippen LogP contribution is 2.69. The second-order valence-corrected chi connectivity index (χ2v) is 23.9. The van der Waals surface area contributed by atoms with Crippen LogP contribution in [-0.2, 0) is 10.8 Å². The quantitative estimate of drug-likeness (QED) is 0.174. The number of hydrogen-bond acceptors (Lipinski definition) is 1. The summed E-state index contributed by atoms with van der Waals surface area (Å²) in [7, 11) is -1.78. The molecule has 0 aliphatic heterocycles. The van der Waals surface area contributed by atoms with Crippen molar-refractivity contribution in [2.45, 2.75) is 163 Å². The maximum Gasteiger partial charge on any atom is 0.192 e. The Kier molecular flexibility index (Phi) is 11.0. The fraction of sp³-hybridized carbons (Fsp3) is 0.814. The van der Waals surface area contributed by atoms with Gasteiger partial charge in [0.1, 0.15) is 0 Å². The summed E-state index contributed by atoms with van der Waals surface area (Å²) in [6.45, 7) is 25.1. The van der Waals surface area contributed by atoms with Crippen molar-refractivity contribution < 1.29 is 4.43 Å². The second-order valence-electron chi connectivity index (χ2n) is 19.1. The van der Waals surface area contributed by atoms with Crippen molar-refractivity contribution >= 4 is 8.32 Å². The molecule has 45 heavy (non-hydrogen) atoms. The lowest BCUT2D eigenvalue weighted by Gasteiger charge is -2.63. The van der Waals surface area contributed by atoms with E-state index in [1.54, 1.807) is 0 Å². The fourth-order valence-electron chi connectivity index (χ4n) is 11.5. The third-order valence-corrected chi connectivity index (χ3v) is 19.5. The van der Waals surface area contributed by atoms with Crippen LogP contribution in [0.15, 0.2) is 42.5 Å². The molecule has 0 unspecified atom stereocenters. The van der Waals surface area contributed by atoms with Gasteiger partial charge in [-0.2, -0.15) is 0 Å². The molecule has 10 atom stereocenters. The van der Waals surface area contributed by atoms with Gasteiger partial charge in [-0.3, -0.25) is 0 Å². The van der Waals surface area contributed by atoms with Crippen LogP contribution in [0, 0.1) is 58.2 Å². The van der Waals surface area contributed by atoms with Gasteiger partial charge < -0.3 is 4.43 Å². The summed E-state index contributed by atoms with van der Waals surface area (Å²) in [5.74, 6) is 6.92. The van der Waals surface area contributed by atoms with Gasteiger partial charge in [0, 0.05) is 6.10 Å². The Labute approximate surface area is 281 Å². The van der Waals surface area contributed by atoms with Crippen molar-refractivity contribution in [1.29, 1.82) is 0 Å². The van der Waals surface area contributed by atoms with Crippen LogP contribution in [0.2, 0.25) is 18.1 Å². The number of allylic oxidation sites excluding steroid dienone is 2. The zero-order valence-corrected chi connectivity index (χ0v) is 32.3. The van der Waals surface area contributed by atoms with E-state index >= 15 is 0 Å². The maximum atomic E-state index is 7.19. The number of aryl methyl sites for hydroxylation is 1. The van der Waals surface area contributed by atoms with Crippen molar-refractivity contribution in [2.75, 3.05) is 0 Å².